The summed E-state index contributed by atoms with van der Waals surface area (Å²) in [4.78, 5) is 11.6. The second-order valence-electron chi connectivity index (χ2n) is 6.77. The van der Waals surface area contributed by atoms with Gasteiger partial charge in [0.1, 0.15) is 0 Å². The summed E-state index contributed by atoms with van der Waals surface area (Å²) < 4.78 is 0.391. The fraction of sp³-hybridized carbons (Fsp3) is 0.227. The predicted molar refractivity (Wildman–Crippen MR) is 104 cm³/mol. The molecule has 0 saturated heterocycles. The SMILES string of the molecule is NC(=O)c1cccc(C([As]CC2CC2)c2cccc3ccccc23)c1. The monoisotopic (exact) mass is 390 g/mol. The number of nitrogens with two attached hydrogens (primary N) is 1. The zero-order valence-electron chi connectivity index (χ0n) is 14.1. The standard InChI is InChI=1S/C22H21AsNO/c24-22(25)18-8-3-7-17(13-18)21(23-14-15-11-12-15)20-10-4-6-16-5-1-2-9-19(16)20/h1-10,13,15,21H,11-12,14H2,(H2,24,25). The van der Waals surface area contributed by atoms with E-state index < -0.39 is 0 Å². The quantitative estimate of drug-likeness (QED) is 0.616. The second-order valence-corrected chi connectivity index (χ2v) is 9.38. The van der Waals surface area contributed by atoms with Crippen LogP contribution in [0.5, 0.6) is 0 Å². The van der Waals surface area contributed by atoms with Crippen LogP contribution in [0.4, 0.5) is 0 Å². The molecule has 3 heteroatoms. The van der Waals surface area contributed by atoms with Crippen LogP contribution in [0.3, 0.4) is 0 Å². The van der Waals surface area contributed by atoms with Crippen LogP contribution in [0.25, 0.3) is 10.8 Å². The van der Waals surface area contributed by atoms with Gasteiger partial charge in [-0.3, -0.25) is 0 Å². The summed E-state index contributed by atoms with van der Waals surface area (Å²) in [5, 5.41) is 3.94. The Morgan fingerprint density at radius 2 is 1.80 bits per heavy atom. The van der Waals surface area contributed by atoms with E-state index in [0.717, 1.165) is 5.92 Å². The van der Waals surface area contributed by atoms with Crippen LogP contribution >= 0.6 is 0 Å². The normalized spacial score (nSPS) is 15.7. The van der Waals surface area contributed by atoms with Crippen molar-refractivity contribution in [3.8, 4) is 0 Å². The number of benzene rings is 3. The molecule has 1 amide bonds. The van der Waals surface area contributed by atoms with Gasteiger partial charge in [0, 0.05) is 0 Å². The van der Waals surface area contributed by atoms with E-state index >= 15 is 0 Å². The van der Waals surface area contributed by atoms with Gasteiger partial charge < -0.3 is 0 Å². The zero-order valence-corrected chi connectivity index (χ0v) is 15.9. The van der Waals surface area contributed by atoms with Crippen molar-refractivity contribution in [3.63, 3.8) is 0 Å². The molecule has 0 bridgehead atoms. The molecule has 3 aromatic carbocycles. The molecule has 1 unspecified atom stereocenters. The van der Waals surface area contributed by atoms with Gasteiger partial charge in [-0.05, 0) is 0 Å². The maximum atomic E-state index is 11.6. The Bertz CT molecular complexity index is 911. The number of rotatable bonds is 6. The molecule has 25 heavy (non-hydrogen) atoms. The van der Waals surface area contributed by atoms with Crippen molar-refractivity contribution in [2.24, 2.45) is 11.7 Å². The van der Waals surface area contributed by atoms with Gasteiger partial charge in [0.05, 0.1) is 0 Å². The van der Waals surface area contributed by atoms with E-state index in [4.69, 9.17) is 5.73 Å². The number of carbonyl (C=O) groups excluding carboxylic acids is 1. The van der Waals surface area contributed by atoms with Crippen molar-refractivity contribution in [2.75, 3.05) is 0 Å². The minimum absolute atomic E-state index is 0.134. The van der Waals surface area contributed by atoms with E-state index in [-0.39, 0.29) is 21.7 Å². The van der Waals surface area contributed by atoms with E-state index in [0.29, 0.717) is 10.3 Å². The molecule has 1 aliphatic rings. The van der Waals surface area contributed by atoms with Crippen molar-refractivity contribution in [3.05, 3.63) is 83.4 Å². The summed E-state index contributed by atoms with van der Waals surface area (Å²) in [7, 11) is 0. The number of hydrogen-bond acceptors (Lipinski definition) is 1. The van der Waals surface area contributed by atoms with Crippen molar-refractivity contribution in [2.45, 2.75) is 22.8 Å². The zero-order chi connectivity index (χ0) is 17.2. The number of hydrogen-bond donors (Lipinski definition) is 1. The number of primary amides is 1. The van der Waals surface area contributed by atoms with Crippen molar-refractivity contribution < 1.29 is 4.79 Å². The molecule has 0 heterocycles. The van der Waals surface area contributed by atoms with Gasteiger partial charge >= 0.3 is 155 Å². The Hall–Kier alpha value is -2.05. The third kappa shape index (κ3) is 3.65. The first kappa shape index (κ1) is 16.4. The molecule has 0 aliphatic heterocycles. The molecule has 1 atom stereocenters. The van der Waals surface area contributed by atoms with Gasteiger partial charge in [-0.2, -0.15) is 0 Å². The third-order valence-electron chi connectivity index (χ3n) is 4.85. The van der Waals surface area contributed by atoms with Crippen LogP contribution in [0.2, 0.25) is 5.21 Å². The van der Waals surface area contributed by atoms with Crippen LogP contribution < -0.4 is 5.73 Å². The Morgan fingerprint density at radius 1 is 1.04 bits per heavy atom. The van der Waals surface area contributed by atoms with E-state index in [2.05, 4.69) is 48.5 Å². The van der Waals surface area contributed by atoms with Gasteiger partial charge in [-0.25, -0.2) is 0 Å². The van der Waals surface area contributed by atoms with Crippen LogP contribution in [0.1, 0.15) is 39.0 Å². The van der Waals surface area contributed by atoms with Crippen LogP contribution in [0, 0.1) is 5.92 Å². The first-order valence-electron chi connectivity index (χ1n) is 8.76. The summed E-state index contributed by atoms with van der Waals surface area (Å²) >= 11 is 0.134. The number of fused-ring (bicyclic) bond motifs is 1. The Kier molecular flexibility index (Phi) is 4.63. The van der Waals surface area contributed by atoms with Gasteiger partial charge in [0.25, 0.3) is 0 Å². The van der Waals surface area contributed by atoms with E-state index in [1.165, 1.54) is 39.9 Å². The summed E-state index contributed by atoms with van der Waals surface area (Å²) in [6, 6.07) is 23.1. The van der Waals surface area contributed by atoms with Crippen molar-refractivity contribution in [1.82, 2.24) is 0 Å². The fourth-order valence-corrected chi connectivity index (χ4v) is 6.79. The van der Waals surface area contributed by atoms with Crippen LogP contribution in [-0.4, -0.2) is 21.7 Å². The average molecular weight is 390 g/mol. The van der Waals surface area contributed by atoms with Crippen molar-refractivity contribution in [1.29, 1.82) is 0 Å². The van der Waals surface area contributed by atoms with Gasteiger partial charge in [0.2, 0.25) is 0 Å². The molecule has 3 aromatic rings. The Labute approximate surface area is 155 Å². The maximum absolute atomic E-state index is 11.6. The molecule has 0 aromatic heterocycles. The fourth-order valence-electron chi connectivity index (χ4n) is 3.29. The molecular weight excluding hydrogens is 369 g/mol. The predicted octanol–water partition coefficient (Wildman–Crippen LogP) is 4.56. The second kappa shape index (κ2) is 7.06. The van der Waals surface area contributed by atoms with E-state index in [1.807, 2.05) is 18.2 Å². The molecule has 2 N–H and O–H groups in total. The molecular formula is C22H21AsNO. The van der Waals surface area contributed by atoms with E-state index in [1.54, 1.807) is 0 Å². The third-order valence-corrected chi connectivity index (χ3v) is 8.35. The molecule has 1 fully saturated rings. The summed E-state index contributed by atoms with van der Waals surface area (Å²) in [6.07, 6.45) is 2.78. The Morgan fingerprint density at radius 3 is 2.60 bits per heavy atom. The summed E-state index contributed by atoms with van der Waals surface area (Å²) in [5.74, 6) is 0.578. The first-order valence-corrected chi connectivity index (χ1v) is 11.2. The molecule has 1 aliphatic carbocycles. The number of amides is 1. The van der Waals surface area contributed by atoms with Crippen LogP contribution in [-0.2, 0) is 0 Å². The molecule has 0 spiro atoms. The van der Waals surface area contributed by atoms with Gasteiger partial charge in [-0.15, -0.1) is 0 Å². The molecule has 125 valence electrons. The average Bonchev–Trinajstić information content (AvgIpc) is 3.47. The molecule has 2 nitrogen and oxygen atoms in total. The van der Waals surface area contributed by atoms with Crippen LogP contribution in [0.15, 0.2) is 66.7 Å². The first-order chi connectivity index (χ1) is 12.2. The summed E-state index contributed by atoms with van der Waals surface area (Å²) in [5.41, 5.74) is 8.74. The van der Waals surface area contributed by atoms with Gasteiger partial charge in [0.15, 0.2) is 0 Å². The van der Waals surface area contributed by atoms with Gasteiger partial charge in [-0.1, -0.05) is 0 Å². The summed E-state index contributed by atoms with van der Waals surface area (Å²) in [6.45, 7) is 0. The molecule has 1 radical (unpaired) electrons. The Balaban J connectivity index is 1.79. The molecule has 4 rings (SSSR count). The van der Waals surface area contributed by atoms with E-state index in [9.17, 15) is 4.79 Å². The molecule has 1 saturated carbocycles. The topological polar surface area (TPSA) is 43.1 Å². The number of carbonyl (C=O) groups is 1. The van der Waals surface area contributed by atoms with Crippen molar-refractivity contribution >= 4 is 32.4 Å². The minimum atomic E-state index is -0.350.